The highest BCUT2D eigenvalue weighted by atomic mass is 16.5. The molecule has 194 valence electrons. The van der Waals surface area contributed by atoms with E-state index in [1.165, 1.54) is 6.42 Å². The molecule has 0 atom stereocenters. The SMILES string of the molecule is O=C(c1ccc(-c2cccc3nc(Nc4ccc(C(=O)N5CCOCC5)cc4)nn23)cc1)N1CCCCC1. The van der Waals surface area contributed by atoms with E-state index >= 15 is 0 Å². The number of rotatable bonds is 5. The van der Waals surface area contributed by atoms with Gasteiger partial charge in [-0.2, -0.15) is 4.98 Å². The van der Waals surface area contributed by atoms with Crippen LogP contribution < -0.4 is 5.32 Å². The van der Waals surface area contributed by atoms with E-state index in [2.05, 4.69) is 15.4 Å². The quantitative estimate of drug-likeness (QED) is 0.432. The Bertz CT molecular complexity index is 1440. The number of nitrogens with zero attached hydrogens (tertiary/aromatic N) is 5. The molecule has 0 spiro atoms. The van der Waals surface area contributed by atoms with Gasteiger partial charge < -0.3 is 19.9 Å². The normalized spacial score (nSPS) is 16.0. The van der Waals surface area contributed by atoms with Crippen molar-refractivity contribution in [2.45, 2.75) is 19.3 Å². The van der Waals surface area contributed by atoms with Gasteiger partial charge in [-0.1, -0.05) is 18.2 Å². The Hall–Kier alpha value is -4.24. The lowest BCUT2D eigenvalue weighted by atomic mass is 10.1. The number of morpholine rings is 1. The van der Waals surface area contributed by atoms with Crippen LogP contribution in [-0.2, 0) is 4.74 Å². The molecule has 6 rings (SSSR count). The van der Waals surface area contributed by atoms with Crippen LogP contribution in [0.4, 0.5) is 11.6 Å². The molecular weight excluding hydrogens is 480 g/mol. The molecule has 9 nitrogen and oxygen atoms in total. The predicted molar refractivity (Wildman–Crippen MR) is 145 cm³/mol. The van der Waals surface area contributed by atoms with Crippen LogP contribution >= 0.6 is 0 Å². The van der Waals surface area contributed by atoms with Crippen molar-refractivity contribution in [3.8, 4) is 11.3 Å². The van der Waals surface area contributed by atoms with Gasteiger partial charge in [0.15, 0.2) is 5.65 Å². The number of nitrogens with one attached hydrogen (secondary N) is 1. The summed E-state index contributed by atoms with van der Waals surface area (Å²) >= 11 is 0. The molecule has 0 radical (unpaired) electrons. The van der Waals surface area contributed by atoms with E-state index in [0.717, 1.165) is 42.9 Å². The van der Waals surface area contributed by atoms with E-state index in [9.17, 15) is 9.59 Å². The molecule has 0 bridgehead atoms. The van der Waals surface area contributed by atoms with Crippen LogP contribution in [0.3, 0.4) is 0 Å². The fraction of sp³-hybridized carbons (Fsp3) is 0.310. The van der Waals surface area contributed by atoms with Gasteiger partial charge in [0.25, 0.3) is 11.8 Å². The van der Waals surface area contributed by atoms with Crippen molar-refractivity contribution in [1.82, 2.24) is 24.4 Å². The number of fused-ring (bicyclic) bond motifs is 1. The number of benzene rings is 2. The summed E-state index contributed by atoms with van der Waals surface area (Å²) < 4.78 is 7.13. The number of piperidine rings is 1. The molecule has 9 heteroatoms. The Morgan fingerprint density at radius 1 is 0.737 bits per heavy atom. The molecule has 0 saturated carbocycles. The summed E-state index contributed by atoms with van der Waals surface area (Å²) in [4.78, 5) is 33.9. The van der Waals surface area contributed by atoms with Gasteiger partial charge >= 0.3 is 0 Å². The van der Waals surface area contributed by atoms with Gasteiger partial charge in [0.1, 0.15) is 0 Å². The Morgan fingerprint density at radius 2 is 1.37 bits per heavy atom. The Labute approximate surface area is 221 Å². The van der Waals surface area contributed by atoms with Crippen molar-refractivity contribution in [1.29, 1.82) is 0 Å². The van der Waals surface area contributed by atoms with Crippen molar-refractivity contribution >= 4 is 29.1 Å². The van der Waals surface area contributed by atoms with Crippen LogP contribution in [0.1, 0.15) is 40.0 Å². The van der Waals surface area contributed by atoms with Gasteiger partial charge in [0.2, 0.25) is 5.95 Å². The number of hydrogen-bond donors (Lipinski definition) is 1. The first-order chi connectivity index (χ1) is 18.7. The van der Waals surface area contributed by atoms with Gasteiger partial charge in [0, 0.05) is 48.6 Å². The van der Waals surface area contributed by atoms with Gasteiger partial charge in [0.05, 0.1) is 18.9 Å². The summed E-state index contributed by atoms with van der Waals surface area (Å²) in [5.41, 5.74) is 4.68. The van der Waals surface area contributed by atoms with Crippen molar-refractivity contribution in [2.75, 3.05) is 44.7 Å². The Balaban J connectivity index is 1.18. The first-order valence-corrected chi connectivity index (χ1v) is 13.2. The van der Waals surface area contributed by atoms with E-state index in [1.54, 1.807) is 4.52 Å². The second-order valence-electron chi connectivity index (χ2n) is 9.65. The highest BCUT2D eigenvalue weighted by Crippen LogP contribution is 2.24. The lowest BCUT2D eigenvalue weighted by Crippen LogP contribution is -2.40. The van der Waals surface area contributed by atoms with Crippen molar-refractivity contribution in [2.24, 2.45) is 0 Å². The zero-order chi connectivity index (χ0) is 25.9. The minimum absolute atomic E-state index is 0.0130. The third-order valence-electron chi connectivity index (χ3n) is 7.12. The summed E-state index contributed by atoms with van der Waals surface area (Å²) in [6.07, 6.45) is 3.35. The molecule has 2 aliphatic heterocycles. The minimum Gasteiger partial charge on any atom is -0.378 e. The number of anilines is 2. The number of aromatic nitrogens is 3. The third kappa shape index (κ3) is 4.97. The smallest absolute Gasteiger partial charge is 0.254 e. The highest BCUT2D eigenvalue weighted by Gasteiger charge is 2.20. The number of carbonyl (C=O) groups is 2. The molecule has 2 saturated heterocycles. The zero-order valence-corrected chi connectivity index (χ0v) is 21.2. The molecule has 4 heterocycles. The van der Waals surface area contributed by atoms with E-state index in [-0.39, 0.29) is 11.8 Å². The van der Waals surface area contributed by atoms with E-state index in [4.69, 9.17) is 4.74 Å². The van der Waals surface area contributed by atoms with Crippen molar-refractivity contribution in [3.63, 3.8) is 0 Å². The Morgan fingerprint density at radius 3 is 2.05 bits per heavy atom. The zero-order valence-electron chi connectivity index (χ0n) is 21.2. The van der Waals surface area contributed by atoms with Crippen LogP contribution in [0.5, 0.6) is 0 Å². The number of hydrogen-bond acceptors (Lipinski definition) is 6. The number of ether oxygens (including phenoxy) is 1. The second-order valence-corrected chi connectivity index (χ2v) is 9.65. The standard InChI is InChI=1S/C29H30N6O3/c36-27(33-15-2-1-3-16-33)22-9-7-21(8-10-22)25-5-4-6-26-31-29(32-35(25)26)30-24-13-11-23(12-14-24)28(37)34-17-19-38-20-18-34/h4-14H,1-3,15-20H2,(H,30,32). The van der Waals surface area contributed by atoms with Crippen LogP contribution in [0, 0.1) is 0 Å². The highest BCUT2D eigenvalue weighted by molar-refractivity contribution is 5.95. The fourth-order valence-corrected chi connectivity index (χ4v) is 5.01. The lowest BCUT2D eigenvalue weighted by molar-refractivity contribution is 0.0303. The van der Waals surface area contributed by atoms with Crippen molar-refractivity contribution < 1.29 is 14.3 Å². The summed E-state index contributed by atoms with van der Waals surface area (Å²) in [5.74, 6) is 0.569. The van der Waals surface area contributed by atoms with Crippen molar-refractivity contribution in [3.05, 3.63) is 77.9 Å². The summed E-state index contributed by atoms with van der Waals surface area (Å²) in [6.45, 7) is 4.05. The van der Waals surface area contributed by atoms with Crippen LogP contribution in [-0.4, -0.2) is 75.6 Å². The van der Waals surface area contributed by atoms with Gasteiger partial charge in [-0.15, -0.1) is 5.10 Å². The molecule has 2 aliphatic rings. The molecule has 2 fully saturated rings. The molecule has 0 unspecified atom stereocenters. The molecule has 2 aromatic carbocycles. The van der Waals surface area contributed by atoms with Crippen LogP contribution in [0.25, 0.3) is 16.9 Å². The number of carbonyl (C=O) groups excluding carboxylic acids is 2. The fourth-order valence-electron chi connectivity index (χ4n) is 5.01. The summed E-state index contributed by atoms with van der Waals surface area (Å²) in [6, 6.07) is 20.9. The molecule has 0 aliphatic carbocycles. The van der Waals surface area contributed by atoms with Gasteiger partial charge in [-0.05, 0) is 67.8 Å². The maximum atomic E-state index is 12.8. The molecule has 38 heavy (non-hydrogen) atoms. The molecular formula is C29H30N6O3. The van der Waals surface area contributed by atoms with E-state index in [1.807, 2.05) is 76.5 Å². The average Bonchev–Trinajstić information content (AvgIpc) is 3.40. The molecule has 2 amide bonds. The van der Waals surface area contributed by atoms with Gasteiger partial charge in [-0.3, -0.25) is 9.59 Å². The number of amides is 2. The summed E-state index contributed by atoms with van der Waals surface area (Å²) in [7, 11) is 0. The lowest BCUT2D eigenvalue weighted by Gasteiger charge is -2.26. The largest absolute Gasteiger partial charge is 0.378 e. The second kappa shape index (κ2) is 10.6. The van der Waals surface area contributed by atoms with Gasteiger partial charge in [-0.25, -0.2) is 4.52 Å². The topological polar surface area (TPSA) is 92.1 Å². The third-order valence-corrected chi connectivity index (χ3v) is 7.12. The first-order valence-electron chi connectivity index (χ1n) is 13.2. The van der Waals surface area contributed by atoms with E-state index in [0.29, 0.717) is 49.0 Å². The monoisotopic (exact) mass is 510 g/mol. The van der Waals surface area contributed by atoms with Crippen LogP contribution in [0.15, 0.2) is 66.7 Å². The molecule has 1 N–H and O–H groups in total. The minimum atomic E-state index is 0.0130. The first kappa shape index (κ1) is 24.1. The summed E-state index contributed by atoms with van der Waals surface area (Å²) in [5, 5.41) is 7.92. The Kier molecular flexibility index (Phi) is 6.75. The van der Waals surface area contributed by atoms with E-state index < -0.39 is 0 Å². The molecule has 2 aromatic heterocycles. The average molecular weight is 511 g/mol. The number of likely N-dealkylation sites (tertiary alicyclic amines) is 1. The van der Waals surface area contributed by atoms with Crippen LogP contribution in [0.2, 0.25) is 0 Å². The predicted octanol–water partition coefficient (Wildman–Crippen LogP) is 4.24. The maximum absolute atomic E-state index is 12.8. The molecule has 4 aromatic rings. The maximum Gasteiger partial charge on any atom is 0.254 e. The number of pyridine rings is 1.